The zero-order chi connectivity index (χ0) is 19.8. The third-order valence-corrected chi connectivity index (χ3v) is 4.26. The fourth-order valence-corrected chi connectivity index (χ4v) is 2.63. The van der Waals surface area contributed by atoms with E-state index in [2.05, 4.69) is 12.2 Å². The van der Waals surface area contributed by atoms with Gasteiger partial charge in [0.2, 0.25) is 0 Å². The molecule has 0 radical (unpaired) electrons. The van der Waals surface area contributed by atoms with Gasteiger partial charge in [-0.3, -0.25) is 14.4 Å². The predicted octanol–water partition coefficient (Wildman–Crippen LogP) is 4.01. The van der Waals surface area contributed by atoms with Crippen molar-refractivity contribution >= 4 is 23.3 Å². The summed E-state index contributed by atoms with van der Waals surface area (Å²) in [5.74, 6) is -1.08. The minimum Gasteiger partial charge on any atom is -0.456 e. The molecule has 0 fully saturated rings. The van der Waals surface area contributed by atoms with Crippen LogP contribution in [0.1, 0.15) is 46.8 Å². The summed E-state index contributed by atoms with van der Waals surface area (Å²) in [6, 6.07) is 13.1. The van der Waals surface area contributed by atoms with Gasteiger partial charge in [0.25, 0.3) is 5.91 Å². The third kappa shape index (κ3) is 6.37. The lowest BCUT2D eigenvalue weighted by atomic mass is 9.99. The monoisotopic (exact) mass is 367 g/mol. The van der Waals surface area contributed by atoms with Crippen molar-refractivity contribution < 1.29 is 19.1 Å². The largest absolute Gasteiger partial charge is 0.456 e. The van der Waals surface area contributed by atoms with Crippen molar-refractivity contribution in [1.29, 1.82) is 0 Å². The van der Waals surface area contributed by atoms with Crippen LogP contribution in [-0.2, 0) is 20.7 Å². The minimum absolute atomic E-state index is 0.0509. The number of amides is 1. The number of ketones is 1. The Balaban J connectivity index is 1.75. The Labute approximate surface area is 159 Å². The first-order valence-corrected chi connectivity index (χ1v) is 9.04. The smallest absolute Gasteiger partial charge is 0.306 e. The minimum atomic E-state index is -0.565. The molecule has 5 nitrogen and oxygen atoms in total. The number of carbonyl (C=O) groups is 3. The number of esters is 1. The van der Waals surface area contributed by atoms with E-state index in [1.807, 2.05) is 44.2 Å². The van der Waals surface area contributed by atoms with Gasteiger partial charge in [-0.25, -0.2) is 0 Å². The van der Waals surface area contributed by atoms with Gasteiger partial charge in [0.15, 0.2) is 12.4 Å². The van der Waals surface area contributed by atoms with Crippen molar-refractivity contribution in [1.82, 2.24) is 0 Å². The van der Waals surface area contributed by atoms with Gasteiger partial charge in [0.05, 0.1) is 6.42 Å². The molecule has 0 spiro atoms. The number of hydrogen-bond acceptors (Lipinski definition) is 4. The number of Topliss-reactive ketones (excluding diaryl/α,β-unsaturated/α-hetero) is 1. The lowest BCUT2D eigenvalue weighted by Gasteiger charge is -2.08. The molecule has 0 aliphatic rings. The zero-order valence-electron chi connectivity index (χ0n) is 16.0. The summed E-state index contributed by atoms with van der Waals surface area (Å²) >= 11 is 0. The van der Waals surface area contributed by atoms with Crippen molar-refractivity contribution in [2.45, 2.75) is 40.0 Å². The average Bonchev–Trinajstić information content (AvgIpc) is 2.67. The molecular weight excluding hydrogens is 342 g/mol. The SMILES string of the molecule is CCc1ccc(NC(=O)COC(=O)CCC(=O)c2cc(C)ccc2C)cc1. The molecule has 142 valence electrons. The van der Waals surface area contributed by atoms with Crippen LogP contribution < -0.4 is 5.32 Å². The van der Waals surface area contributed by atoms with Gasteiger partial charge < -0.3 is 10.1 Å². The van der Waals surface area contributed by atoms with Crippen molar-refractivity contribution in [3.63, 3.8) is 0 Å². The number of ether oxygens (including phenoxy) is 1. The molecule has 2 aromatic carbocycles. The first kappa shape index (κ1) is 20.4. The van der Waals surface area contributed by atoms with Crippen LogP contribution >= 0.6 is 0 Å². The Bertz CT molecular complexity index is 825. The molecule has 0 aromatic heterocycles. The maximum atomic E-state index is 12.3. The van der Waals surface area contributed by atoms with Crippen molar-refractivity contribution in [3.8, 4) is 0 Å². The summed E-state index contributed by atoms with van der Waals surface area (Å²) in [6.07, 6.45) is 0.931. The van der Waals surface area contributed by atoms with Crippen molar-refractivity contribution in [2.24, 2.45) is 0 Å². The fraction of sp³-hybridized carbons (Fsp3) is 0.318. The topological polar surface area (TPSA) is 72.5 Å². The molecule has 0 bridgehead atoms. The molecule has 2 rings (SSSR count). The number of benzene rings is 2. The van der Waals surface area contributed by atoms with Crippen LogP contribution in [0.15, 0.2) is 42.5 Å². The standard InChI is InChI=1S/C22H25NO4/c1-4-17-7-9-18(10-8-17)23-21(25)14-27-22(26)12-11-20(24)19-13-15(2)5-6-16(19)3/h5-10,13H,4,11-12,14H2,1-3H3,(H,23,25). The van der Waals surface area contributed by atoms with Crippen molar-refractivity contribution in [2.75, 3.05) is 11.9 Å². The quantitative estimate of drug-likeness (QED) is 0.565. The van der Waals surface area contributed by atoms with Crippen molar-refractivity contribution in [3.05, 3.63) is 64.7 Å². The molecule has 0 atom stereocenters. The first-order valence-electron chi connectivity index (χ1n) is 9.04. The van der Waals surface area contributed by atoms with Crippen LogP contribution in [0, 0.1) is 13.8 Å². The lowest BCUT2D eigenvalue weighted by Crippen LogP contribution is -2.21. The Morgan fingerprint density at radius 3 is 2.33 bits per heavy atom. The Morgan fingerprint density at radius 2 is 1.67 bits per heavy atom. The second kappa shape index (κ2) is 9.67. The molecule has 0 saturated heterocycles. The molecule has 1 N–H and O–H groups in total. The normalized spacial score (nSPS) is 10.3. The summed E-state index contributed by atoms with van der Waals surface area (Å²) in [5.41, 5.74) is 4.32. The van der Waals surface area contributed by atoms with E-state index >= 15 is 0 Å². The highest BCUT2D eigenvalue weighted by molar-refractivity contribution is 5.99. The van der Waals surface area contributed by atoms with Crippen LogP contribution in [0.25, 0.3) is 0 Å². The molecule has 0 aliphatic carbocycles. The van der Waals surface area contributed by atoms with E-state index in [9.17, 15) is 14.4 Å². The van der Waals surface area contributed by atoms with Crippen LogP contribution in [0.2, 0.25) is 0 Å². The van der Waals surface area contributed by atoms with Crippen LogP contribution in [-0.4, -0.2) is 24.3 Å². The maximum absolute atomic E-state index is 12.3. The molecule has 27 heavy (non-hydrogen) atoms. The van der Waals surface area contributed by atoms with E-state index in [0.29, 0.717) is 11.3 Å². The highest BCUT2D eigenvalue weighted by Gasteiger charge is 2.14. The molecule has 0 unspecified atom stereocenters. The number of nitrogens with one attached hydrogen (secondary N) is 1. The molecule has 0 heterocycles. The number of aryl methyl sites for hydroxylation is 3. The summed E-state index contributed by atoms with van der Waals surface area (Å²) in [4.78, 5) is 35.9. The number of rotatable bonds is 8. The van der Waals surface area contributed by atoms with Crippen LogP contribution in [0.5, 0.6) is 0 Å². The van der Waals surface area contributed by atoms with E-state index in [1.54, 1.807) is 12.1 Å². The fourth-order valence-electron chi connectivity index (χ4n) is 2.63. The van der Waals surface area contributed by atoms with Gasteiger partial charge in [-0.2, -0.15) is 0 Å². The average molecular weight is 367 g/mol. The van der Waals surface area contributed by atoms with E-state index in [4.69, 9.17) is 4.74 Å². The van der Waals surface area contributed by atoms with E-state index in [0.717, 1.165) is 17.5 Å². The lowest BCUT2D eigenvalue weighted by molar-refractivity contribution is -0.147. The predicted molar refractivity (Wildman–Crippen MR) is 105 cm³/mol. The second-order valence-corrected chi connectivity index (χ2v) is 6.50. The van der Waals surface area contributed by atoms with Gasteiger partial charge in [-0.05, 0) is 49.6 Å². The molecule has 5 heteroatoms. The van der Waals surface area contributed by atoms with Gasteiger partial charge >= 0.3 is 5.97 Å². The van der Waals surface area contributed by atoms with Gasteiger partial charge in [-0.1, -0.05) is 36.8 Å². The second-order valence-electron chi connectivity index (χ2n) is 6.50. The van der Waals surface area contributed by atoms with Gasteiger partial charge in [0, 0.05) is 17.7 Å². The number of hydrogen-bond donors (Lipinski definition) is 1. The summed E-state index contributed by atoms with van der Waals surface area (Å²) in [7, 11) is 0. The molecule has 1 amide bonds. The highest BCUT2D eigenvalue weighted by atomic mass is 16.5. The molecule has 0 aliphatic heterocycles. The van der Waals surface area contributed by atoms with Crippen LogP contribution in [0.3, 0.4) is 0 Å². The Morgan fingerprint density at radius 1 is 0.963 bits per heavy atom. The summed E-state index contributed by atoms with van der Waals surface area (Å²) < 4.78 is 4.96. The summed E-state index contributed by atoms with van der Waals surface area (Å²) in [5, 5.41) is 2.67. The highest BCUT2D eigenvalue weighted by Crippen LogP contribution is 2.14. The Kier molecular flexibility index (Phi) is 7.29. The van der Waals surface area contributed by atoms with Gasteiger partial charge in [-0.15, -0.1) is 0 Å². The molecule has 2 aromatic rings. The zero-order valence-corrected chi connectivity index (χ0v) is 16.0. The number of carbonyl (C=O) groups excluding carboxylic acids is 3. The summed E-state index contributed by atoms with van der Waals surface area (Å²) in [6.45, 7) is 5.46. The van der Waals surface area contributed by atoms with E-state index in [-0.39, 0.29) is 25.2 Å². The molecular formula is C22H25NO4. The molecule has 0 saturated carbocycles. The third-order valence-electron chi connectivity index (χ3n) is 4.26. The number of anilines is 1. The van der Waals surface area contributed by atoms with Gasteiger partial charge in [0.1, 0.15) is 0 Å². The van der Waals surface area contributed by atoms with E-state index < -0.39 is 11.9 Å². The van der Waals surface area contributed by atoms with Crippen LogP contribution in [0.4, 0.5) is 5.69 Å². The Hall–Kier alpha value is -2.95. The van der Waals surface area contributed by atoms with E-state index in [1.165, 1.54) is 5.56 Å². The maximum Gasteiger partial charge on any atom is 0.306 e. The first-order chi connectivity index (χ1) is 12.9.